The maximum absolute atomic E-state index is 12.1. The minimum atomic E-state index is -0.376. The Morgan fingerprint density at radius 1 is 1.41 bits per heavy atom. The van der Waals surface area contributed by atoms with Crippen LogP contribution >= 0.6 is 12.4 Å². The summed E-state index contributed by atoms with van der Waals surface area (Å²) in [4.78, 5) is 22.8. The Labute approximate surface area is 167 Å². The van der Waals surface area contributed by atoms with Crippen LogP contribution in [-0.2, 0) is 4.79 Å². The summed E-state index contributed by atoms with van der Waals surface area (Å²) >= 11 is 0. The number of halogens is 1. The molecule has 1 fully saturated rings. The van der Waals surface area contributed by atoms with Gasteiger partial charge in [0.25, 0.3) is 5.69 Å². The molecule has 0 aliphatic carbocycles. The predicted octanol–water partition coefficient (Wildman–Crippen LogP) is 3.27. The second kappa shape index (κ2) is 11.8. The van der Waals surface area contributed by atoms with Gasteiger partial charge in [0.1, 0.15) is 5.69 Å². The highest BCUT2D eigenvalue weighted by Gasteiger charge is 2.21. The zero-order valence-electron chi connectivity index (χ0n) is 16.1. The molecule has 2 atom stereocenters. The fourth-order valence-electron chi connectivity index (χ4n) is 3.38. The van der Waals surface area contributed by atoms with Crippen molar-refractivity contribution < 1.29 is 9.72 Å². The van der Waals surface area contributed by atoms with Gasteiger partial charge in [-0.2, -0.15) is 0 Å². The average Bonchev–Trinajstić information content (AvgIpc) is 2.63. The molecule has 0 radical (unpaired) electrons. The number of hydrogen-bond acceptors (Lipinski definition) is 5. The van der Waals surface area contributed by atoms with Crippen LogP contribution in [0.5, 0.6) is 0 Å². The highest BCUT2D eigenvalue weighted by molar-refractivity contribution is 5.85. The first kappa shape index (κ1) is 23.2. The third-order valence-electron chi connectivity index (χ3n) is 4.99. The molecule has 1 aliphatic heterocycles. The molecule has 27 heavy (non-hydrogen) atoms. The number of nitro groups is 1. The minimum absolute atomic E-state index is 0. The van der Waals surface area contributed by atoms with E-state index < -0.39 is 0 Å². The third-order valence-corrected chi connectivity index (χ3v) is 4.99. The van der Waals surface area contributed by atoms with E-state index in [-0.39, 0.29) is 28.9 Å². The van der Waals surface area contributed by atoms with Crippen LogP contribution in [0.1, 0.15) is 38.2 Å². The van der Waals surface area contributed by atoms with Crippen LogP contribution in [0.2, 0.25) is 0 Å². The first-order valence-corrected chi connectivity index (χ1v) is 9.43. The minimum Gasteiger partial charge on any atom is -0.379 e. The van der Waals surface area contributed by atoms with Gasteiger partial charge in [-0.15, -0.1) is 12.4 Å². The van der Waals surface area contributed by atoms with Gasteiger partial charge >= 0.3 is 0 Å². The number of nitrogens with one attached hydrogen (secondary N) is 3. The maximum atomic E-state index is 12.1. The van der Waals surface area contributed by atoms with E-state index in [1.54, 1.807) is 12.1 Å². The molecule has 0 spiro atoms. The van der Waals surface area contributed by atoms with Gasteiger partial charge in [-0.1, -0.05) is 13.0 Å². The molecule has 1 aromatic carbocycles. The molecule has 2 rings (SSSR count). The van der Waals surface area contributed by atoms with Crippen molar-refractivity contribution in [3.05, 3.63) is 33.9 Å². The predicted molar refractivity (Wildman–Crippen MR) is 111 cm³/mol. The molecule has 1 aliphatic rings. The van der Waals surface area contributed by atoms with E-state index in [1.807, 2.05) is 13.0 Å². The molecule has 7 nitrogen and oxygen atoms in total. The number of piperidine rings is 1. The van der Waals surface area contributed by atoms with E-state index in [9.17, 15) is 14.9 Å². The zero-order valence-corrected chi connectivity index (χ0v) is 16.9. The van der Waals surface area contributed by atoms with Gasteiger partial charge in [0, 0.05) is 25.6 Å². The van der Waals surface area contributed by atoms with Gasteiger partial charge in [0.2, 0.25) is 5.91 Å². The number of carbonyl (C=O) groups is 1. The lowest BCUT2D eigenvalue weighted by Gasteiger charge is -2.28. The number of nitrogens with zero attached hydrogens (tertiary/aromatic N) is 1. The number of aryl methyl sites for hydroxylation is 1. The van der Waals surface area contributed by atoms with Gasteiger partial charge in [0.05, 0.1) is 4.92 Å². The lowest BCUT2D eigenvalue weighted by Crippen LogP contribution is -2.35. The monoisotopic (exact) mass is 398 g/mol. The number of amides is 1. The smallest absolute Gasteiger partial charge is 0.292 e. The van der Waals surface area contributed by atoms with E-state index in [0.29, 0.717) is 37.0 Å². The summed E-state index contributed by atoms with van der Waals surface area (Å²) < 4.78 is 0. The van der Waals surface area contributed by atoms with Crippen LogP contribution in [0.4, 0.5) is 11.4 Å². The largest absolute Gasteiger partial charge is 0.379 e. The summed E-state index contributed by atoms with van der Waals surface area (Å²) in [6.07, 6.45) is 3.66. The summed E-state index contributed by atoms with van der Waals surface area (Å²) in [5.74, 6) is 1.05. The Kier molecular flexibility index (Phi) is 10.1. The first-order valence-electron chi connectivity index (χ1n) is 9.43. The van der Waals surface area contributed by atoms with Crippen molar-refractivity contribution in [2.24, 2.45) is 11.8 Å². The Morgan fingerprint density at radius 2 is 2.19 bits per heavy atom. The topological polar surface area (TPSA) is 96.3 Å². The SMILES string of the molecule is Cc1ccc(NCCCNC(=O)CC(C)C2CCCNC2)c([N+](=O)[O-])c1.Cl. The van der Waals surface area contributed by atoms with Gasteiger partial charge < -0.3 is 16.0 Å². The van der Waals surface area contributed by atoms with Crippen molar-refractivity contribution in [2.45, 2.75) is 39.5 Å². The van der Waals surface area contributed by atoms with Crippen LogP contribution in [0.25, 0.3) is 0 Å². The standard InChI is InChI=1S/C19H30N4O3.ClH/c1-14-6-7-17(18(11-14)23(25)26)21-9-4-10-22-19(24)12-15(2)16-5-3-8-20-13-16;/h6-7,11,15-16,20-21H,3-5,8-10,12-13H2,1-2H3,(H,22,24);1H. The third kappa shape index (κ3) is 7.72. The van der Waals surface area contributed by atoms with Crippen LogP contribution in [0.15, 0.2) is 18.2 Å². The first-order chi connectivity index (χ1) is 12.5. The summed E-state index contributed by atoms with van der Waals surface area (Å²) in [6, 6.07) is 5.14. The average molecular weight is 399 g/mol. The Hall–Kier alpha value is -1.86. The Morgan fingerprint density at radius 3 is 2.85 bits per heavy atom. The molecule has 0 bridgehead atoms. The lowest BCUT2D eigenvalue weighted by molar-refractivity contribution is -0.384. The summed E-state index contributed by atoms with van der Waals surface area (Å²) in [7, 11) is 0. The van der Waals surface area contributed by atoms with Gasteiger partial charge in [-0.3, -0.25) is 14.9 Å². The van der Waals surface area contributed by atoms with E-state index in [0.717, 1.165) is 25.1 Å². The van der Waals surface area contributed by atoms with Crippen molar-refractivity contribution in [1.82, 2.24) is 10.6 Å². The molecule has 1 aromatic rings. The molecule has 1 amide bonds. The van der Waals surface area contributed by atoms with Crippen LogP contribution in [0, 0.1) is 28.9 Å². The zero-order chi connectivity index (χ0) is 18.9. The number of hydrogen-bond donors (Lipinski definition) is 3. The van der Waals surface area contributed by atoms with Crippen LogP contribution in [0.3, 0.4) is 0 Å². The summed E-state index contributed by atoms with van der Waals surface area (Å²) in [5.41, 5.74) is 1.46. The molecule has 1 saturated heterocycles. The fourth-order valence-corrected chi connectivity index (χ4v) is 3.38. The highest BCUT2D eigenvalue weighted by Crippen LogP contribution is 2.25. The Bertz CT molecular complexity index is 621. The number of benzene rings is 1. The number of rotatable bonds is 9. The molecule has 8 heteroatoms. The quantitative estimate of drug-likeness (QED) is 0.337. The van der Waals surface area contributed by atoms with Crippen LogP contribution < -0.4 is 16.0 Å². The molecule has 1 heterocycles. The maximum Gasteiger partial charge on any atom is 0.292 e. The van der Waals surface area contributed by atoms with Crippen molar-refractivity contribution >= 4 is 29.7 Å². The molecule has 3 N–H and O–H groups in total. The van der Waals surface area contributed by atoms with E-state index >= 15 is 0 Å². The van der Waals surface area contributed by atoms with E-state index in [1.165, 1.54) is 12.8 Å². The van der Waals surface area contributed by atoms with Crippen molar-refractivity contribution in [2.75, 3.05) is 31.5 Å². The van der Waals surface area contributed by atoms with Crippen molar-refractivity contribution in [1.29, 1.82) is 0 Å². The van der Waals surface area contributed by atoms with Gasteiger partial charge in [-0.25, -0.2) is 0 Å². The second-order valence-electron chi connectivity index (χ2n) is 7.20. The van der Waals surface area contributed by atoms with Gasteiger partial charge in [0.15, 0.2) is 0 Å². The summed E-state index contributed by atoms with van der Waals surface area (Å²) in [5, 5.41) is 20.5. The van der Waals surface area contributed by atoms with Crippen molar-refractivity contribution in [3.63, 3.8) is 0 Å². The van der Waals surface area contributed by atoms with Gasteiger partial charge in [-0.05, 0) is 62.7 Å². The molecular formula is C19H31ClN4O3. The fraction of sp³-hybridized carbons (Fsp3) is 0.632. The molecule has 0 aromatic heterocycles. The van der Waals surface area contributed by atoms with E-state index in [4.69, 9.17) is 0 Å². The second-order valence-corrected chi connectivity index (χ2v) is 7.20. The molecular weight excluding hydrogens is 368 g/mol. The normalized spacial score (nSPS) is 17.5. The van der Waals surface area contributed by atoms with Crippen LogP contribution in [-0.4, -0.2) is 37.0 Å². The Balaban J connectivity index is 0.00000364. The molecule has 152 valence electrons. The molecule has 0 saturated carbocycles. The lowest BCUT2D eigenvalue weighted by atomic mass is 9.85. The van der Waals surface area contributed by atoms with E-state index in [2.05, 4.69) is 22.9 Å². The number of carbonyl (C=O) groups excluding carboxylic acids is 1. The highest BCUT2D eigenvalue weighted by atomic mass is 35.5. The van der Waals surface area contributed by atoms with Crippen molar-refractivity contribution in [3.8, 4) is 0 Å². The summed E-state index contributed by atoms with van der Waals surface area (Å²) in [6.45, 7) is 7.22. The molecule has 2 unspecified atom stereocenters. The number of nitro benzene ring substituents is 1. The number of anilines is 1.